The van der Waals surface area contributed by atoms with Crippen molar-refractivity contribution in [2.24, 2.45) is 5.73 Å². The van der Waals surface area contributed by atoms with Crippen molar-refractivity contribution in [3.05, 3.63) is 70.5 Å². The molecule has 0 heterocycles. The average Bonchev–Trinajstić information content (AvgIpc) is 2.31. The van der Waals surface area contributed by atoms with Gasteiger partial charge >= 0.3 is 0 Å². The number of halogens is 1. The average molecular weight is 229 g/mol. The summed E-state index contributed by atoms with van der Waals surface area (Å²) in [6, 6.07) is 12.5. The van der Waals surface area contributed by atoms with Gasteiger partial charge in [-0.15, -0.1) is 0 Å². The largest absolute Gasteiger partial charge is 0.320 e. The maximum Gasteiger partial charge on any atom is 0.123 e. The second-order valence-electron chi connectivity index (χ2n) is 4.39. The normalized spacial score (nSPS) is 12.5. The molecule has 0 aromatic heterocycles. The Balaban J connectivity index is 2.43. The van der Waals surface area contributed by atoms with Gasteiger partial charge in [0.05, 0.1) is 6.04 Å². The Labute approximate surface area is 101 Å². The zero-order valence-corrected chi connectivity index (χ0v) is 10.1. The van der Waals surface area contributed by atoms with Crippen LogP contribution in [0.5, 0.6) is 0 Å². The highest BCUT2D eigenvalue weighted by atomic mass is 19.1. The Hall–Kier alpha value is -1.67. The Kier molecular flexibility index (Phi) is 3.25. The van der Waals surface area contributed by atoms with Crippen molar-refractivity contribution in [3.8, 4) is 0 Å². The SMILES string of the molecule is Cc1cccc(C(N)c2cc(F)ccc2C)c1. The molecule has 17 heavy (non-hydrogen) atoms. The van der Waals surface area contributed by atoms with Gasteiger partial charge in [0.25, 0.3) is 0 Å². The first-order valence-electron chi connectivity index (χ1n) is 5.66. The van der Waals surface area contributed by atoms with Crippen LogP contribution in [0.15, 0.2) is 42.5 Å². The number of nitrogens with two attached hydrogens (primary N) is 1. The lowest BCUT2D eigenvalue weighted by atomic mass is 9.95. The highest BCUT2D eigenvalue weighted by Crippen LogP contribution is 2.23. The van der Waals surface area contributed by atoms with Crippen LogP contribution in [-0.2, 0) is 0 Å². The summed E-state index contributed by atoms with van der Waals surface area (Å²) in [6.45, 7) is 3.97. The summed E-state index contributed by atoms with van der Waals surface area (Å²) in [4.78, 5) is 0. The number of rotatable bonds is 2. The third kappa shape index (κ3) is 2.53. The van der Waals surface area contributed by atoms with Gasteiger partial charge in [0.15, 0.2) is 0 Å². The van der Waals surface area contributed by atoms with Crippen molar-refractivity contribution in [1.29, 1.82) is 0 Å². The van der Waals surface area contributed by atoms with E-state index in [9.17, 15) is 4.39 Å². The lowest BCUT2D eigenvalue weighted by Crippen LogP contribution is -2.13. The van der Waals surface area contributed by atoms with Crippen molar-refractivity contribution in [2.45, 2.75) is 19.9 Å². The third-order valence-corrected chi connectivity index (χ3v) is 2.98. The van der Waals surface area contributed by atoms with Gasteiger partial charge in [-0.05, 0) is 42.7 Å². The monoisotopic (exact) mass is 229 g/mol. The first-order chi connectivity index (χ1) is 8.08. The fraction of sp³-hybridized carbons (Fsp3) is 0.200. The molecule has 0 aliphatic heterocycles. The van der Waals surface area contributed by atoms with E-state index in [0.717, 1.165) is 22.3 Å². The zero-order valence-electron chi connectivity index (χ0n) is 10.1. The minimum atomic E-state index is -0.273. The molecule has 2 heteroatoms. The van der Waals surface area contributed by atoms with Crippen LogP contribution in [-0.4, -0.2) is 0 Å². The van der Waals surface area contributed by atoms with E-state index in [-0.39, 0.29) is 11.9 Å². The van der Waals surface area contributed by atoms with Gasteiger partial charge < -0.3 is 5.73 Å². The van der Waals surface area contributed by atoms with Crippen LogP contribution in [0.1, 0.15) is 28.3 Å². The highest BCUT2D eigenvalue weighted by Gasteiger charge is 2.12. The van der Waals surface area contributed by atoms with Gasteiger partial charge in [-0.2, -0.15) is 0 Å². The maximum absolute atomic E-state index is 13.2. The first-order valence-corrected chi connectivity index (χ1v) is 5.66. The molecule has 2 aromatic rings. The Bertz CT molecular complexity index is 534. The summed E-state index contributed by atoms with van der Waals surface area (Å²) >= 11 is 0. The van der Waals surface area contributed by atoms with Crippen LogP contribution in [0.3, 0.4) is 0 Å². The summed E-state index contributed by atoms with van der Waals surface area (Å²) in [5.41, 5.74) is 10.2. The maximum atomic E-state index is 13.2. The molecular formula is C15H16FN. The lowest BCUT2D eigenvalue weighted by Gasteiger charge is -2.15. The molecule has 0 aliphatic carbocycles. The molecule has 1 unspecified atom stereocenters. The minimum absolute atomic E-state index is 0.242. The second-order valence-corrected chi connectivity index (χ2v) is 4.39. The van der Waals surface area contributed by atoms with Crippen LogP contribution in [0, 0.1) is 19.7 Å². The van der Waals surface area contributed by atoms with Crippen LogP contribution in [0.4, 0.5) is 4.39 Å². The van der Waals surface area contributed by atoms with Crippen molar-refractivity contribution in [2.75, 3.05) is 0 Å². The van der Waals surface area contributed by atoms with Crippen LogP contribution < -0.4 is 5.73 Å². The predicted molar refractivity (Wildman–Crippen MR) is 68.3 cm³/mol. The topological polar surface area (TPSA) is 26.0 Å². The molecule has 0 saturated heterocycles. The van der Waals surface area contributed by atoms with E-state index in [2.05, 4.69) is 0 Å². The third-order valence-electron chi connectivity index (χ3n) is 2.98. The summed E-state index contributed by atoms with van der Waals surface area (Å²) in [6.07, 6.45) is 0. The fourth-order valence-corrected chi connectivity index (χ4v) is 1.99. The van der Waals surface area contributed by atoms with Crippen molar-refractivity contribution in [1.82, 2.24) is 0 Å². The number of hydrogen-bond acceptors (Lipinski definition) is 1. The predicted octanol–water partition coefficient (Wildman–Crippen LogP) is 3.49. The van der Waals surface area contributed by atoms with Crippen LogP contribution >= 0.6 is 0 Å². The van der Waals surface area contributed by atoms with Crippen LogP contribution in [0.2, 0.25) is 0 Å². The molecule has 2 aromatic carbocycles. The van der Waals surface area contributed by atoms with E-state index in [1.54, 1.807) is 6.07 Å². The van der Waals surface area contributed by atoms with E-state index in [1.165, 1.54) is 12.1 Å². The Morgan fingerprint density at radius 3 is 2.53 bits per heavy atom. The lowest BCUT2D eigenvalue weighted by molar-refractivity contribution is 0.622. The van der Waals surface area contributed by atoms with Gasteiger partial charge in [0, 0.05) is 0 Å². The number of aryl methyl sites for hydroxylation is 2. The standard InChI is InChI=1S/C15H16FN/c1-10-4-3-5-12(8-10)15(17)14-9-13(16)7-6-11(14)2/h3-9,15H,17H2,1-2H3. The molecule has 0 bridgehead atoms. The molecule has 0 aliphatic rings. The van der Waals surface area contributed by atoms with Gasteiger partial charge in [0.1, 0.15) is 5.82 Å². The summed E-state index contributed by atoms with van der Waals surface area (Å²) in [5, 5.41) is 0. The van der Waals surface area contributed by atoms with Gasteiger partial charge in [-0.1, -0.05) is 35.9 Å². The van der Waals surface area contributed by atoms with Gasteiger partial charge in [-0.3, -0.25) is 0 Å². The van der Waals surface area contributed by atoms with Crippen LogP contribution in [0.25, 0.3) is 0 Å². The molecule has 0 radical (unpaired) electrons. The fourth-order valence-electron chi connectivity index (χ4n) is 1.99. The van der Waals surface area contributed by atoms with E-state index >= 15 is 0 Å². The second kappa shape index (κ2) is 4.68. The van der Waals surface area contributed by atoms with Crippen molar-refractivity contribution in [3.63, 3.8) is 0 Å². The first kappa shape index (κ1) is 11.8. The summed E-state index contributed by atoms with van der Waals surface area (Å²) < 4.78 is 13.2. The number of hydrogen-bond donors (Lipinski definition) is 1. The molecular weight excluding hydrogens is 213 g/mol. The highest BCUT2D eigenvalue weighted by molar-refractivity contribution is 5.37. The summed E-state index contributed by atoms with van der Waals surface area (Å²) in [7, 11) is 0. The zero-order chi connectivity index (χ0) is 12.4. The minimum Gasteiger partial charge on any atom is -0.320 e. The molecule has 0 spiro atoms. The molecule has 2 N–H and O–H groups in total. The smallest absolute Gasteiger partial charge is 0.123 e. The molecule has 0 saturated carbocycles. The van der Waals surface area contributed by atoms with E-state index in [0.29, 0.717) is 0 Å². The Morgan fingerprint density at radius 2 is 1.82 bits per heavy atom. The quantitative estimate of drug-likeness (QED) is 0.838. The number of benzene rings is 2. The van der Waals surface area contributed by atoms with Gasteiger partial charge in [-0.25, -0.2) is 4.39 Å². The van der Waals surface area contributed by atoms with Gasteiger partial charge in [0.2, 0.25) is 0 Å². The molecule has 88 valence electrons. The van der Waals surface area contributed by atoms with Crippen molar-refractivity contribution < 1.29 is 4.39 Å². The Morgan fingerprint density at radius 1 is 1.06 bits per heavy atom. The molecule has 1 atom stereocenters. The van der Waals surface area contributed by atoms with E-state index in [4.69, 9.17) is 5.73 Å². The van der Waals surface area contributed by atoms with Crippen molar-refractivity contribution >= 4 is 0 Å². The van der Waals surface area contributed by atoms with E-state index < -0.39 is 0 Å². The molecule has 0 amide bonds. The molecule has 2 rings (SSSR count). The summed E-state index contributed by atoms with van der Waals surface area (Å²) in [5.74, 6) is -0.242. The van der Waals surface area contributed by atoms with E-state index in [1.807, 2.05) is 38.1 Å². The molecule has 0 fully saturated rings. The molecule has 1 nitrogen and oxygen atoms in total.